The molecule has 0 unspecified atom stereocenters. The van der Waals surface area contributed by atoms with Crippen molar-refractivity contribution in [2.45, 2.75) is 35.9 Å². The van der Waals surface area contributed by atoms with E-state index >= 15 is 0 Å². The van der Waals surface area contributed by atoms with Crippen LogP contribution < -0.4 is 4.72 Å². The maximum atomic E-state index is 13.0. The molecule has 6 nitrogen and oxygen atoms in total. The van der Waals surface area contributed by atoms with Gasteiger partial charge in [-0.2, -0.15) is 17.5 Å². The maximum Gasteiger partial charge on any atom is 0.416 e. The zero-order valence-corrected chi connectivity index (χ0v) is 19.6. The van der Waals surface area contributed by atoms with Gasteiger partial charge >= 0.3 is 6.18 Å². The minimum atomic E-state index is -4.68. The summed E-state index contributed by atoms with van der Waals surface area (Å²) in [4.78, 5) is -0.355. The quantitative estimate of drug-likeness (QED) is 0.546. The number of benzene rings is 3. The average Bonchev–Trinajstić information content (AvgIpc) is 2.78. The SMILES string of the molecule is Cc1ccc(S(=O)(=O)N2CCc3ccc(NS(=O)(=O)c4cccc(C(F)(F)F)c4)cc3C2)cc1. The van der Waals surface area contributed by atoms with Gasteiger partial charge in [-0.1, -0.05) is 29.8 Å². The number of fused-ring (bicyclic) bond motifs is 1. The van der Waals surface area contributed by atoms with Crippen LogP contribution in [0.1, 0.15) is 22.3 Å². The van der Waals surface area contributed by atoms with Crippen molar-refractivity contribution >= 4 is 25.7 Å². The van der Waals surface area contributed by atoms with E-state index in [9.17, 15) is 30.0 Å². The molecule has 0 spiro atoms. The van der Waals surface area contributed by atoms with E-state index in [0.717, 1.165) is 29.3 Å². The highest BCUT2D eigenvalue weighted by molar-refractivity contribution is 7.92. The van der Waals surface area contributed by atoms with Gasteiger partial charge in [-0.05, 0) is 66.9 Å². The minimum Gasteiger partial charge on any atom is -0.280 e. The molecule has 0 radical (unpaired) electrons. The van der Waals surface area contributed by atoms with Crippen LogP contribution in [-0.4, -0.2) is 27.7 Å². The number of hydrogen-bond acceptors (Lipinski definition) is 4. The summed E-state index contributed by atoms with van der Waals surface area (Å²) in [5.74, 6) is 0. The van der Waals surface area contributed by atoms with E-state index in [2.05, 4.69) is 4.72 Å². The Morgan fingerprint density at radius 2 is 1.56 bits per heavy atom. The Balaban J connectivity index is 1.58. The lowest BCUT2D eigenvalue weighted by Crippen LogP contribution is -2.36. The van der Waals surface area contributed by atoms with Crippen LogP contribution in [0, 0.1) is 6.92 Å². The Morgan fingerprint density at radius 3 is 2.24 bits per heavy atom. The molecule has 34 heavy (non-hydrogen) atoms. The molecule has 1 aliphatic heterocycles. The molecule has 3 aromatic rings. The molecule has 0 saturated carbocycles. The second kappa shape index (κ2) is 8.71. The fraction of sp³-hybridized carbons (Fsp3) is 0.217. The smallest absolute Gasteiger partial charge is 0.280 e. The van der Waals surface area contributed by atoms with Crippen molar-refractivity contribution in [3.05, 3.63) is 89.0 Å². The van der Waals surface area contributed by atoms with Crippen LogP contribution in [0.4, 0.5) is 18.9 Å². The van der Waals surface area contributed by atoms with E-state index in [1.807, 2.05) is 6.92 Å². The van der Waals surface area contributed by atoms with Crippen molar-refractivity contribution in [1.82, 2.24) is 4.31 Å². The van der Waals surface area contributed by atoms with Crippen LogP contribution in [0.5, 0.6) is 0 Å². The molecule has 0 bridgehead atoms. The highest BCUT2D eigenvalue weighted by Crippen LogP contribution is 2.32. The lowest BCUT2D eigenvalue weighted by atomic mass is 10.0. The van der Waals surface area contributed by atoms with Crippen LogP contribution in [-0.2, 0) is 39.2 Å². The number of aryl methyl sites for hydroxylation is 1. The lowest BCUT2D eigenvalue weighted by Gasteiger charge is -2.28. The van der Waals surface area contributed by atoms with Crippen LogP contribution >= 0.6 is 0 Å². The van der Waals surface area contributed by atoms with Gasteiger partial charge in [0.25, 0.3) is 10.0 Å². The van der Waals surface area contributed by atoms with Crippen molar-refractivity contribution < 1.29 is 30.0 Å². The fourth-order valence-electron chi connectivity index (χ4n) is 3.71. The normalized spacial score (nSPS) is 15.1. The predicted molar refractivity (Wildman–Crippen MR) is 121 cm³/mol. The molecule has 180 valence electrons. The first kappa shape index (κ1) is 24.2. The minimum absolute atomic E-state index is 0.0463. The Kier molecular flexibility index (Phi) is 6.21. The lowest BCUT2D eigenvalue weighted by molar-refractivity contribution is -0.137. The number of nitrogens with zero attached hydrogens (tertiary/aromatic N) is 1. The third-order valence-corrected chi connectivity index (χ3v) is 8.80. The number of hydrogen-bond donors (Lipinski definition) is 1. The number of rotatable bonds is 5. The molecular formula is C23H21F3N2O4S2. The second-order valence-electron chi connectivity index (χ2n) is 8.02. The van der Waals surface area contributed by atoms with Crippen molar-refractivity contribution in [1.29, 1.82) is 0 Å². The standard InChI is InChI=1S/C23H21F3N2O4S2/c1-16-5-9-21(10-6-16)34(31,32)28-12-11-17-7-8-20(13-18(17)15-28)27-33(29,30)22-4-2-3-19(14-22)23(24,25)26/h2-10,13-14,27H,11-12,15H2,1H3. The number of alkyl halides is 3. The molecule has 0 aliphatic carbocycles. The molecule has 0 fully saturated rings. The first-order valence-electron chi connectivity index (χ1n) is 10.2. The molecule has 4 rings (SSSR count). The van der Waals surface area contributed by atoms with E-state index in [-0.39, 0.29) is 23.7 Å². The number of nitrogens with one attached hydrogen (secondary N) is 1. The van der Waals surface area contributed by atoms with Gasteiger partial charge in [0.15, 0.2) is 0 Å². The van der Waals surface area contributed by atoms with E-state index in [0.29, 0.717) is 18.1 Å². The Bertz CT molecular complexity index is 1440. The third kappa shape index (κ3) is 4.96. The summed E-state index contributed by atoms with van der Waals surface area (Å²) in [5.41, 5.74) is 1.48. The van der Waals surface area contributed by atoms with Gasteiger partial charge in [-0.3, -0.25) is 4.72 Å². The zero-order chi connectivity index (χ0) is 24.7. The van der Waals surface area contributed by atoms with Crippen LogP contribution in [0.3, 0.4) is 0 Å². The molecule has 1 N–H and O–H groups in total. The molecule has 0 amide bonds. The Hall–Kier alpha value is -2.89. The first-order chi connectivity index (χ1) is 15.9. The summed E-state index contributed by atoms with van der Waals surface area (Å²) in [7, 11) is -8.04. The van der Waals surface area contributed by atoms with Crippen molar-refractivity contribution in [2.75, 3.05) is 11.3 Å². The molecule has 1 heterocycles. The summed E-state index contributed by atoms with van der Waals surface area (Å²) < 4.78 is 94.0. The van der Waals surface area contributed by atoms with Crippen LogP contribution in [0.2, 0.25) is 0 Å². The predicted octanol–water partition coefficient (Wildman–Crippen LogP) is 4.56. The van der Waals surface area contributed by atoms with Gasteiger partial charge in [0.05, 0.1) is 15.4 Å². The van der Waals surface area contributed by atoms with E-state index in [1.165, 1.54) is 16.4 Å². The molecule has 0 aromatic heterocycles. The monoisotopic (exact) mass is 510 g/mol. The average molecular weight is 511 g/mol. The number of anilines is 1. The fourth-order valence-corrected chi connectivity index (χ4v) is 6.23. The van der Waals surface area contributed by atoms with Gasteiger partial charge in [-0.25, -0.2) is 16.8 Å². The summed E-state index contributed by atoms with van der Waals surface area (Å²) in [5, 5.41) is 0. The van der Waals surface area contributed by atoms with Gasteiger partial charge < -0.3 is 0 Å². The van der Waals surface area contributed by atoms with E-state index < -0.39 is 36.7 Å². The van der Waals surface area contributed by atoms with E-state index in [4.69, 9.17) is 0 Å². The molecule has 1 aliphatic rings. The number of sulfonamides is 2. The molecule has 11 heteroatoms. The van der Waals surface area contributed by atoms with Crippen molar-refractivity contribution in [3.63, 3.8) is 0 Å². The summed E-state index contributed by atoms with van der Waals surface area (Å²) in [6.07, 6.45) is -4.23. The van der Waals surface area contributed by atoms with Crippen LogP contribution in [0.15, 0.2) is 76.5 Å². The molecule has 3 aromatic carbocycles. The van der Waals surface area contributed by atoms with Crippen molar-refractivity contribution in [3.8, 4) is 0 Å². The Labute approximate surface area is 196 Å². The molecular weight excluding hydrogens is 489 g/mol. The van der Waals surface area contributed by atoms with Gasteiger partial charge in [0.1, 0.15) is 0 Å². The van der Waals surface area contributed by atoms with E-state index in [1.54, 1.807) is 30.3 Å². The van der Waals surface area contributed by atoms with Crippen LogP contribution in [0.25, 0.3) is 0 Å². The Morgan fingerprint density at radius 1 is 0.853 bits per heavy atom. The maximum absolute atomic E-state index is 13.0. The first-order valence-corrected chi connectivity index (χ1v) is 13.2. The zero-order valence-electron chi connectivity index (χ0n) is 18.0. The highest BCUT2D eigenvalue weighted by atomic mass is 32.2. The summed E-state index contributed by atoms with van der Waals surface area (Å²) >= 11 is 0. The summed E-state index contributed by atoms with van der Waals surface area (Å²) in [6, 6.07) is 14.7. The van der Waals surface area contributed by atoms with Crippen molar-refractivity contribution in [2.24, 2.45) is 0 Å². The van der Waals surface area contributed by atoms with Gasteiger partial charge in [0, 0.05) is 18.8 Å². The highest BCUT2D eigenvalue weighted by Gasteiger charge is 2.32. The molecule has 0 saturated heterocycles. The third-order valence-electron chi connectivity index (χ3n) is 5.57. The largest absolute Gasteiger partial charge is 0.416 e. The van der Waals surface area contributed by atoms with Gasteiger partial charge in [-0.15, -0.1) is 0 Å². The number of halogens is 3. The van der Waals surface area contributed by atoms with Gasteiger partial charge in [0.2, 0.25) is 10.0 Å². The topological polar surface area (TPSA) is 83.6 Å². The molecule has 0 atom stereocenters. The summed E-state index contributed by atoms with van der Waals surface area (Å²) in [6.45, 7) is 2.18. The second-order valence-corrected chi connectivity index (χ2v) is 11.6.